The van der Waals surface area contributed by atoms with Gasteiger partial charge in [-0.1, -0.05) is 17.7 Å². The molecule has 0 fully saturated rings. The van der Waals surface area contributed by atoms with Gasteiger partial charge in [-0.25, -0.2) is 9.97 Å². The van der Waals surface area contributed by atoms with Crippen LogP contribution in [-0.4, -0.2) is 22.0 Å². The zero-order valence-electron chi connectivity index (χ0n) is 10.8. The Kier molecular flexibility index (Phi) is 3.12. The molecule has 0 aliphatic rings. The number of nitrogens with zero attached hydrogens (tertiary/aromatic N) is 4. The van der Waals surface area contributed by atoms with Gasteiger partial charge in [-0.15, -0.1) is 0 Å². The van der Waals surface area contributed by atoms with Crippen LogP contribution in [0.1, 0.15) is 0 Å². The Balaban J connectivity index is 2.16. The number of hydrogen-bond acceptors (Lipinski definition) is 5. The second kappa shape index (κ2) is 4.94. The first-order valence-corrected chi connectivity index (χ1v) is 6.38. The first-order valence-electron chi connectivity index (χ1n) is 6.00. The summed E-state index contributed by atoms with van der Waals surface area (Å²) in [4.78, 5) is 14.5. The molecule has 2 N–H and O–H groups in total. The summed E-state index contributed by atoms with van der Waals surface area (Å²) in [5.41, 5.74) is 5.67. The monoisotopic (exact) mass is 285 g/mol. The van der Waals surface area contributed by atoms with Gasteiger partial charge in [0.25, 0.3) is 0 Å². The first kappa shape index (κ1) is 12.6. The maximum atomic E-state index is 6.07. The zero-order chi connectivity index (χ0) is 14.1. The molecule has 0 saturated carbocycles. The lowest BCUT2D eigenvalue weighted by Gasteiger charge is -2.18. The van der Waals surface area contributed by atoms with E-state index < -0.39 is 0 Å². The standard InChI is InChI=1S/C14H12ClN5/c1-20(13-8-17-7-12(16)19-13)14-11-6-10(15)3-2-9(11)4-5-18-14/h2-8H,1H3,(H2,16,19). The highest BCUT2D eigenvalue weighted by Crippen LogP contribution is 2.29. The Hall–Kier alpha value is -2.40. The van der Waals surface area contributed by atoms with E-state index in [1.54, 1.807) is 12.4 Å². The quantitative estimate of drug-likeness (QED) is 0.784. The molecule has 20 heavy (non-hydrogen) atoms. The summed E-state index contributed by atoms with van der Waals surface area (Å²) in [5, 5.41) is 2.67. The Morgan fingerprint density at radius 1 is 1.20 bits per heavy atom. The summed E-state index contributed by atoms with van der Waals surface area (Å²) in [6.45, 7) is 0. The van der Waals surface area contributed by atoms with Crippen LogP contribution in [0.4, 0.5) is 17.5 Å². The number of nitrogens with two attached hydrogens (primary N) is 1. The molecule has 3 rings (SSSR count). The van der Waals surface area contributed by atoms with E-state index in [1.165, 1.54) is 6.20 Å². The number of halogens is 1. The number of hydrogen-bond donors (Lipinski definition) is 1. The normalized spacial score (nSPS) is 10.7. The molecule has 2 aromatic heterocycles. The third kappa shape index (κ3) is 2.23. The zero-order valence-corrected chi connectivity index (χ0v) is 11.5. The van der Waals surface area contributed by atoms with E-state index >= 15 is 0 Å². The molecule has 100 valence electrons. The van der Waals surface area contributed by atoms with Crippen LogP contribution in [0, 0.1) is 0 Å². The molecule has 6 heteroatoms. The van der Waals surface area contributed by atoms with E-state index in [-0.39, 0.29) is 0 Å². The average Bonchev–Trinajstić information content (AvgIpc) is 2.46. The molecule has 3 aromatic rings. The first-order chi connectivity index (χ1) is 9.65. The van der Waals surface area contributed by atoms with Gasteiger partial charge < -0.3 is 10.6 Å². The number of fused-ring (bicyclic) bond motifs is 1. The smallest absolute Gasteiger partial charge is 0.154 e. The van der Waals surface area contributed by atoms with Crippen LogP contribution < -0.4 is 10.6 Å². The van der Waals surface area contributed by atoms with Crippen molar-refractivity contribution in [2.75, 3.05) is 17.7 Å². The number of benzene rings is 1. The van der Waals surface area contributed by atoms with E-state index in [0.29, 0.717) is 16.7 Å². The summed E-state index contributed by atoms with van der Waals surface area (Å²) in [5.74, 6) is 1.75. The van der Waals surface area contributed by atoms with Crippen LogP contribution in [0.15, 0.2) is 42.9 Å². The van der Waals surface area contributed by atoms with Gasteiger partial charge in [0.15, 0.2) is 5.82 Å². The fraction of sp³-hybridized carbons (Fsp3) is 0.0714. The maximum Gasteiger partial charge on any atom is 0.154 e. The van der Waals surface area contributed by atoms with Gasteiger partial charge in [0.2, 0.25) is 0 Å². The van der Waals surface area contributed by atoms with Gasteiger partial charge >= 0.3 is 0 Å². The number of aromatic nitrogens is 3. The third-order valence-electron chi connectivity index (χ3n) is 3.01. The molecule has 0 amide bonds. The minimum absolute atomic E-state index is 0.368. The van der Waals surface area contributed by atoms with Crippen molar-refractivity contribution in [3.63, 3.8) is 0 Å². The van der Waals surface area contributed by atoms with Gasteiger partial charge in [0.1, 0.15) is 11.6 Å². The van der Waals surface area contributed by atoms with E-state index in [9.17, 15) is 0 Å². The molecule has 0 aliphatic carbocycles. The predicted octanol–water partition coefficient (Wildman–Crippen LogP) is 3.03. The lowest BCUT2D eigenvalue weighted by Crippen LogP contribution is -2.14. The minimum atomic E-state index is 0.368. The molecule has 2 heterocycles. The SMILES string of the molecule is CN(c1cncc(N)n1)c1nccc2ccc(Cl)cc12. The maximum absolute atomic E-state index is 6.07. The second-order valence-electron chi connectivity index (χ2n) is 4.36. The molecular weight excluding hydrogens is 274 g/mol. The number of pyridine rings is 1. The predicted molar refractivity (Wildman–Crippen MR) is 81.3 cm³/mol. The van der Waals surface area contributed by atoms with E-state index in [2.05, 4.69) is 15.0 Å². The Bertz CT molecular complexity index is 774. The van der Waals surface area contributed by atoms with Crippen molar-refractivity contribution in [1.29, 1.82) is 0 Å². The van der Waals surface area contributed by atoms with Crippen molar-refractivity contribution < 1.29 is 0 Å². The molecule has 0 unspecified atom stereocenters. The van der Waals surface area contributed by atoms with Crippen LogP contribution in [0.2, 0.25) is 5.02 Å². The van der Waals surface area contributed by atoms with Crippen LogP contribution in [0.3, 0.4) is 0 Å². The number of nitrogen functional groups attached to an aromatic ring is 1. The summed E-state index contributed by atoms with van der Waals surface area (Å²) < 4.78 is 0. The molecule has 0 spiro atoms. The van der Waals surface area contributed by atoms with Gasteiger partial charge in [-0.2, -0.15) is 0 Å². The van der Waals surface area contributed by atoms with Gasteiger partial charge in [-0.3, -0.25) is 4.98 Å². The van der Waals surface area contributed by atoms with Crippen LogP contribution in [0.25, 0.3) is 10.8 Å². The molecule has 0 aliphatic heterocycles. The fourth-order valence-electron chi connectivity index (χ4n) is 2.03. The number of rotatable bonds is 2. The van der Waals surface area contributed by atoms with Crippen molar-refractivity contribution >= 4 is 39.8 Å². The summed E-state index contributed by atoms with van der Waals surface area (Å²) in [6, 6.07) is 7.64. The lowest BCUT2D eigenvalue weighted by atomic mass is 10.1. The van der Waals surface area contributed by atoms with Gasteiger partial charge in [0.05, 0.1) is 12.4 Å². The largest absolute Gasteiger partial charge is 0.382 e. The van der Waals surface area contributed by atoms with Crippen LogP contribution in [-0.2, 0) is 0 Å². The molecule has 1 aromatic carbocycles. The molecule has 0 saturated heterocycles. The van der Waals surface area contributed by atoms with E-state index in [4.69, 9.17) is 17.3 Å². The van der Waals surface area contributed by atoms with Crippen molar-refractivity contribution in [3.8, 4) is 0 Å². The Morgan fingerprint density at radius 2 is 2.05 bits per heavy atom. The summed E-state index contributed by atoms with van der Waals surface area (Å²) >= 11 is 6.07. The van der Waals surface area contributed by atoms with Crippen molar-refractivity contribution in [3.05, 3.63) is 47.9 Å². The van der Waals surface area contributed by atoms with Gasteiger partial charge in [0, 0.05) is 23.7 Å². The van der Waals surface area contributed by atoms with Crippen LogP contribution in [0.5, 0.6) is 0 Å². The van der Waals surface area contributed by atoms with Crippen molar-refractivity contribution in [2.45, 2.75) is 0 Å². The number of anilines is 3. The fourth-order valence-corrected chi connectivity index (χ4v) is 2.20. The van der Waals surface area contributed by atoms with Crippen LogP contribution >= 0.6 is 11.6 Å². The molecular formula is C14H12ClN5. The van der Waals surface area contributed by atoms with Crippen molar-refractivity contribution in [1.82, 2.24) is 15.0 Å². The minimum Gasteiger partial charge on any atom is -0.382 e. The Labute approximate surface area is 121 Å². The van der Waals surface area contributed by atoms with Gasteiger partial charge in [-0.05, 0) is 23.6 Å². The molecule has 5 nitrogen and oxygen atoms in total. The second-order valence-corrected chi connectivity index (χ2v) is 4.80. The molecule has 0 atom stereocenters. The van der Waals surface area contributed by atoms with Crippen molar-refractivity contribution in [2.24, 2.45) is 0 Å². The molecule has 0 bridgehead atoms. The highest BCUT2D eigenvalue weighted by Gasteiger charge is 2.11. The third-order valence-corrected chi connectivity index (χ3v) is 3.24. The summed E-state index contributed by atoms with van der Waals surface area (Å²) in [6.07, 6.45) is 4.90. The topological polar surface area (TPSA) is 67.9 Å². The van der Waals surface area contributed by atoms with E-state index in [1.807, 2.05) is 36.2 Å². The lowest BCUT2D eigenvalue weighted by molar-refractivity contribution is 1.07. The highest BCUT2D eigenvalue weighted by atomic mass is 35.5. The highest BCUT2D eigenvalue weighted by molar-refractivity contribution is 6.31. The molecule has 0 radical (unpaired) electrons. The Morgan fingerprint density at radius 3 is 2.85 bits per heavy atom. The average molecular weight is 286 g/mol. The summed E-state index contributed by atoms with van der Waals surface area (Å²) in [7, 11) is 1.87. The van der Waals surface area contributed by atoms with E-state index in [0.717, 1.165) is 16.6 Å².